The molecule has 1 aromatic carbocycles. The number of hydrogen-bond donors (Lipinski definition) is 2. The number of carbonyl (C=O) groups is 1. The van der Waals surface area contributed by atoms with Gasteiger partial charge < -0.3 is 10.2 Å². The highest BCUT2D eigenvalue weighted by Gasteiger charge is 2.51. The lowest BCUT2D eigenvalue weighted by Crippen LogP contribution is -2.63. The van der Waals surface area contributed by atoms with E-state index < -0.39 is 0 Å². The Labute approximate surface area is 220 Å². The SMILES string of the molecule is Cc1cc(C)nc(/N=C(/NC(=O)NC23CC4CC(CC(C4)C2)C3)N2CCN(Cc3ccccc3)CC2)n1. The summed E-state index contributed by atoms with van der Waals surface area (Å²) in [5.74, 6) is 3.28. The maximum absolute atomic E-state index is 13.4. The second-order valence-corrected chi connectivity index (χ2v) is 11.9. The number of aliphatic imine (C=N–C) groups is 1. The lowest BCUT2D eigenvalue weighted by Gasteiger charge is -2.56. The van der Waals surface area contributed by atoms with E-state index in [1.54, 1.807) is 0 Å². The van der Waals surface area contributed by atoms with Crippen LogP contribution >= 0.6 is 0 Å². The van der Waals surface area contributed by atoms with Gasteiger partial charge in [0.1, 0.15) is 0 Å². The van der Waals surface area contributed by atoms with Crippen LogP contribution in [0, 0.1) is 31.6 Å². The first kappa shape index (κ1) is 24.3. The molecule has 196 valence electrons. The van der Waals surface area contributed by atoms with Gasteiger partial charge in [-0.3, -0.25) is 10.2 Å². The standard InChI is InChI=1S/C29H39N7O/c1-20-12-21(2)31-26(30-20)32-27(36-10-8-35(9-11-36)19-22-6-4-3-5-7-22)33-28(37)34-29-16-23-13-24(17-29)15-25(14-23)18-29/h3-7,12,23-25H,8-11,13-19H2,1-2H3,(H2,30,31,32,33,34,37). The molecule has 0 unspecified atom stereocenters. The summed E-state index contributed by atoms with van der Waals surface area (Å²) in [6, 6.07) is 12.4. The van der Waals surface area contributed by atoms with E-state index in [0.717, 1.165) is 81.1 Å². The number of guanidine groups is 1. The minimum atomic E-state index is -0.142. The molecule has 1 aliphatic heterocycles. The highest BCUT2D eigenvalue weighted by atomic mass is 16.2. The fourth-order valence-electron chi connectivity index (χ4n) is 7.63. The highest BCUT2D eigenvalue weighted by molar-refractivity contribution is 5.97. The smallest absolute Gasteiger partial charge is 0.321 e. The monoisotopic (exact) mass is 501 g/mol. The average molecular weight is 502 g/mol. The summed E-state index contributed by atoms with van der Waals surface area (Å²) in [7, 11) is 0. The number of aryl methyl sites for hydroxylation is 2. The molecule has 2 aromatic rings. The van der Waals surface area contributed by atoms with Crippen molar-refractivity contribution < 1.29 is 4.79 Å². The molecule has 2 N–H and O–H groups in total. The fraction of sp³-hybridized carbons (Fsp3) is 0.586. The maximum atomic E-state index is 13.4. The lowest BCUT2D eigenvalue weighted by atomic mass is 9.53. The van der Waals surface area contributed by atoms with Gasteiger partial charge >= 0.3 is 6.03 Å². The Morgan fingerprint density at radius 2 is 1.54 bits per heavy atom. The van der Waals surface area contributed by atoms with Crippen LogP contribution in [0.3, 0.4) is 0 Å². The number of benzene rings is 1. The van der Waals surface area contributed by atoms with E-state index in [0.29, 0.717) is 11.9 Å². The summed E-state index contributed by atoms with van der Waals surface area (Å²) in [5.41, 5.74) is 3.02. The van der Waals surface area contributed by atoms with Crippen LogP contribution in [0.25, 0.3) is 0 Å². The average Bonchev–Trinajstić information content (AvgIpc) is 2.83. The van der Waals surface area contributed by atoms with Crippen molar-refractivity contribution in [2.45, 2.75) is 64.5 Å². The largest absolute Gasteiger partial charge is 0.340 e. The Bertz CT molecular complexity index is 1100. The fourth-order valence-corrected chi connectivity index (χ4v) is 7.63. The topological polar surface area (TPSA) is 85.7 Å². The number of urea groups is 1. The minimum absolute atomic E-state index is 0.0469. The van der Waals surface area contributed by atoms with Crippen LogP contribution < -0.4 is 10.6 Å². The van der Waals surface area contributed by atoms with Gasteiger partial charge in [0.25, 0.3) is 5.95 Å². The molecule has 1 aromatic heterocycles. The van der Waals surface area contributed by atoms with Crippen molar-refractivity contribution >= 4 is 17.9 Å². The molecule has 8 heteroatoms. The number of rotatable bonds is 4. The molecule has 5 aliphatic rings. The van der Waals surface area contributed by atoms with Crippen LogP contribution in [-0.2, 0) is 6.54 Å². The molecule has 1 saturated heterocycles. The molecule has 4 aliphatic carbocycles. The molecular formula is C29H39N7O. The predicted octanol–water partition coefficient (Wildman–Crippen LogP) is 4.17. The maximum Gasteiger partial charge on any atom is 0.321 e. The quantitative estimate of drug-likeness (QED) is 0.485. The van der Waals surface area contributed by atoms with Crippen molar-refractivity contribution in [1.82, 2.24) is 30.4 Å². The zero-order valence-electron chi connectivity index (χ0n) is 22.1. The molecule has 5 fully saturated rings. The number of nitrogens with one attached hydrogen (secondary N) is 2. The molecule has 0 spiro atoms. The number of amides is 2. The normalized spacial score (nSPS) is 29.4. The Balaban J connectivity index is 1.16. The third-order valence-corrected chi connectivity index (χ3v) is 8.74. The Kier molecular flexibility index (Phi) is 6.61. The molecular weight excluding hydrogens is 462 g/mol. The number of nitrogens with zero attached hydrogens (tertiary/aromatic N) is 5. The van der Waals surface area contributed by atoms with Gasteiger partial charge in [-0.25, -0.2) is 14.8 Å². The zero-order valence-corrected chi connectivity index (χ0v) is 22.1. The first-order valence-corrected chi connectivity index (χ1v) is 13.9. The van der Waals surface area contributed by atoms with Crippen LogP contribution in [0.4, 0.5) is 10.7 Å². The summed E-state index contributed by atoms with van der Waals surface area (Å²) >= 11 is 0. The van der Waals surface area contributed by atoms with Gasteiger partial charge in [-0.15, -0.1) is 0 Å². The second kappa shape index (κ2) is 10.0. The summed E-state index contributed by atoms with van der Waals surface area (Å²) in [6.45, 7) is 8.20. The van der Waals surface area contributed by atoms with E-state index in [-0.39, 0.29) is 11.6 Å². The van der Waals surface area contributed by atoms with E-state index >= 15 is 0 Å². The molecule has 2 amide bonds. The molecule has 0 radical (unpaired) electrons. The number of carbonyl (C=O) groups excluding carboxylic acids is 1. The van der Waals surface area contributed by atoms with E-state index in [1.807, 2.05) is 19.9 Å². The Morgan fingerprint density at radius 1 is 0.946 bits per heavy atom. The number of piperazine rings is 1. The van der Waals surface area contributed by atoms with Crippen LogP contribution in [0.2, 0.25) is 0 Å². The molecule has 8 nitrogen and oxygen atoms in total. The molecule has 37 heavy (non-hydrogen) atoms. The minimum Gasteiger partial charge on any atom is -0.340 e. The van der Waals surface area contributed by atoms with Gasteiger partial charge in [0.2, 0.25) is 5.96 Å². The van der Waals surface area contributed by atoms with Gasteiger partial charge in [-0.05, 0) is 81.8 Å². The molecule has 2 heterocycles. The molecule has 4 bridgehead atoms. The number of aromatic nitrogens is 2. The van der Waals surface area contributed by atoms with Crippen LogP contribution in [-0.4, -0.2) is 63.5 Å². The third-order valence-electron chi connectivity index (χ3n) is 8.74. The lowest BCUT2D eigenvalue weighted by molar-refractivity contribution is -0.0133. The predicted molar refractivity (Wildman–Crippen MR) is 144 cm³/mol. The Hall–Kier alpha value is -3.00. The first-order valence-electron chi connectivity index (χ1n) is 13.9. The van der Waals surface area contributed by atoms with Gasteiger partial charge in [0, 0.05) is 49.7 Å². The second-order valence-electron chi connectivity index (χ2n) is 11.9. The molecule has 0 atom stereocenters. The van der Waals surface area contributed by atoms with Crippen LogP contribution in [0.1, 0.15) is 55.5 Å². The van der Waals surface area contributed by atoms with E-state index in [2.05, 4.69) is 60.7 Å². The van der Waals surface area contributed by atoms with Gasteiger partial charge in [0.05, 0.1) is 0 Å². The van der Waals surface area contributed by atoms with Crippen molar-refractivity contribution in [2.24, 2.45) is 22.7 Å². The highest BCUT2D eigenvalue weighted by Crippen LogP contribution is 2.55. The van der Waals surface area contributed by atoms with E-state index in [9.17, 15) is 4.79 Å². The van der Waals surface area contributed by atoms with Crippen molar-refractivity contribution in [3.05, 3.63) is 53.3 Å². The van der Waals surface area contributed by atoms with E-state index in [4.69, 9.17) is 4.99 Å². The van der Waals surface area contributed by atoms with Crippen molar-refractivity contribution in [3.8, 4) is 0 Å². The Morgan fingerprint density at radius 3 is 2.14 bits per heavy atom. The van der Waals surface area contributed by atoms with Crippen LogP contribution in [0.5, 0.6) is 0 Å². The van der Waals surface area contributed by atoms with Crippen molar-refractivity contribution in [1.29, 1.82) is 0 Å². The van der Waals surface area contributed by atoms with Gasteiger partial charge in [-0.1, -0.05) is 30.3 Å². The van der Waals surface area contributed by atoms with E-state index in [1.165, 1.54) is 24.8 Å². The number of hydrogen-bond acceptors (Lipinski definition) is 5. The van der Waals surface area contributed by atoms with Crippen molar-refractivity contribution in [2.75, 3.05) is 26.2 Å². The summed E-state index contributed by atoms with van der Waals surface area (Å²) in [5, 5.41) is 6.58. The zero-order chi connectivity index (χ0) is 25.4. The summed E-state index contributed by atoms with van der Waals surface area (Å²) < 4.78 is 0. The van der Waals surface area contributed by atoms with Gasteiger partial charge in [-0.2, -0.15) is 4.99 Å². The van der Waals surface area contributed by atoms with Gasteiger partial charge in [0.15, 0.2) is 0 Å². The van der Waals surface area contributed by atoms with Crippen LogP contribution in [0.15, 0.2) is 41.4 Å². The molecule has 7 rings (SSSR count). The van der Waals surface area contributed by atoms with Crippen molar-refractivity contribution in [3.63, 3.8) is 0 Å². The summed E-state index contributed by atoms with van der Waals surface area (Å²) in [6.07, 6.45) is 7.43. The third kappa shape index (κ3) is 5.64. The summed E-state index contributed by atoms with van der Waals surface area (Å²) in [4.78, 5) is 31.9. The first-order chi connectivity index (χ1) is 17.9. The molecule has 4 saturated carbocycles.